The van der Waals surface area contributed by atoms with Crippen LogP contribution in [0.1, 0.15) is 16.8 Å². The summed E-state index contributed by atoms with van der Waals surface area (Å²) in [6.45, 7) is 3.01. The van der Waals surface area contributed by atoms with E-state index >= 15 is 0 Å². The second-order valence-corrected chi connectivity index (χ2v) is 6.50. The number of hydrogen-bond acceptors (Lipinski definition) is 4. The van der Waals surface area contributed by atoms with E-state index in [4.69, 9.17) is 14.2 Å². The number of pyridine rings is 1. The van der Waals surface area contributed by atoms with E-state index in [1.807, 2.05) is 66.2 Å². The van der Waals surface area contributed by atoms with Crippen LogP contribution in [0.15, 0.2) is 65.6 Å². The van der Waals surface area contributed by atoms with E-state index < -0.39 is 0 Å². The zero-order valence-corrected chi connectivity index (χ0v) is 16.5. The normalized spacial score (nSPS) is 10.5. The van der Waals surface area contributed by atoms with Crippen molar-refractivity contribution in [3.05, 3.63) is 87.8 Å². The molecule has 0 unspecified atom stereocenters. The molecule has 0 atom stereocenters. The standard InChI is InChI=1S/C23H25NO4/c1-17-23(28-16-19-7-5-4-6-8-19)20(25)12-14-24(17)13-11-18-9-10-21(26-2)22(15-18)27-3/h4-10,12,14-15H,11,13,16H2,1-3H3. The molecule has 0 saturated heterocycles. The molecule has 0 bridgehead atoms. The lowest BCUT2D eigenvalue weighted by molar-refractivity contribution is 0.297. The van der Waals surface area contributed by atoms with Gasteiger partial charge in [-0.1, -0.05) is 36.4 Å². The Morgan fingerprint density at radius 3 is 2.36 bits per heavy atom. The Labute approximate surface area is 165 Å². The summed E-state index contributed by atoms with van der Waals surface area (Å²) in [5.74, 6) is 1.82. The fourth-order valence-electron chi connectivity index (χ4n) is 3.09. The van der Waals surface area contributed by atoms with Gasteiger partial charge in [0.1, 0.15) is 6.61 Å². The summed E-state index contributed by atoms with van der Waals surface area (Å²) in [7, 11) is 3.25. The van der Waals surface area contributed by atoms with Crippen LogP contribution in [-0.2, 0) is 19.6 Å². The monoisotopic (exact) mass is 379 g/mol. The topological polar surface area (TPSA) is 49.7 Å². The molecular weight excluding hydrogens is 354 g/mol. The molecule has 146 valence electrons. The van der Waals surface area contributed by atoms with Gasteiger partial charge < -0.3 is 18.8 Å². The molecule has 3 aromatic rings. The van der Waals surface area contributed by atoms with Crippen molar-refractivity contribution in [3.8, 4) is 17.2 Å². The highest BCUT2D eigenvalue weighted by atomic mass is 16.5. The number of aromatic nitrogens is 1. The van der Waals surface area contributed by atoms with E-state index in [2.05, 4.69) is 0 Å². The quantitative estimate of drug-likeness (QED) is 0.594. The Morgan fingerprint density at radius 2 is 1.64 bits per heavy atom. The zero-order valence-electron chi connectivity index (χ0n) is 16.5. The summed E-state index contributed by atoms with van der Waals surface area (Å²) >= 11 is 0. The first kappa shape index (κ1) is 19.5. The van der Waals surface area contributed by atoms with Gasteiger partial charge in [0.15, 0.2) is 17.2 Å². The summed E-state index contributed by atoms with van der Waals surface area (Å²) in [6.07, 6.45) is 2.61. The Morgan fingerprint density at radius 1 is 0.893 bits per heavy atom. The third kappa shape index (κ3) is 4.55. The van der Waals surface area contributed by atoms with Crippen molar-refractivity contribution in [2.45, 2.75) is 26.5 Å². The van der Waals surface area contributed by atoms with Gasteiger partial charge in [0.05, 0.1) is 19.9 Å². The average molecular weight is 379 g/mol. The van der Waals surface area contributed by atoms with Crippen molar-refractivity contribution in [2.75, 3.05) is 14.2 Å². The first-order chi connectivity index (χ1) is 13.6. The number of benzene rings is 2. The molecule has 0 fully saturated rings. The average Bonchev–Trinajstić information content (AvgIpc) is 2.73. The minimum atomic E-state index is -0.101. The van der Waals surface area contributed by atoms with Crippen molar-refractivity contribution in [1.82, 2.24) is 4.57 Å². The summed E-state index contributed by atoms with van der Waals surface area (Å²) in [4.78, 5) is 12.3. The van der Waals surface area contributed by atoms with Crippen molar-refractivity contribution in [3.63, 3.8) is 0 Å². The van der Waals surface area contributed by atoms with Gasteiger partial charge in [-0.2, -0.15) is 0 Å². The van der Waals surface area contributed by atoms with E-state index in [1.54, 1.807) is 20.3 Å². The minimum Gasteiger partial charge on any atom is -0.493 e. The van der Waals surface area contributed by atoms with Crippen LogP contribution in [0.2, 0.25) is 0 Å². The third-order valence-corrected chi connectivity index (χ3v) is 4.70. The van der Waals surface area contributed by atoms with Crippen LogP contribution in [0.3, 0.4) is 0 Å². The van der Waals surface area contributed by atoms with Crippen LogP contribution in [0.25, 0.3) is 0 Å². The van der Waals surface area contributed by atoms with Crippen LogP contribution in [0.4, 0.5) is 0 Å². The molecule has 0 N–H and O–H groups in total. The van der Waals surface area contributed by atoms with Crippen molar-refractivity contribution >= 4 is 0 Å². The van der Waals surface area contributed by atoms with Crippen molar-refractivity contribution in [2.24, 2.45) is 0 Å². The van der Waals surface area contributed by atoms with Gasteiger partial charge in [0.2, 0.25) is 5.43 Å². The van der Waals surface area contributed by atoms with E-state index in [1.165, 1.54) is 0 Å². The number of rotatable bonds is 8. The summed E-state index contributed by atoms with van der Waals surface area (Å²) < 4.78 is 18.5. The molecule has 1 heterocycles. The Balaban J connectivity index is 1.73. The van der Waals surface area contributed by atoms with Crippen LogP contribution < -0.4 is 19.6 Å². The second kappa shape index (κ2) is 9.13. The van der Waals surface area contributed by atoms with Crippen LogP contribution in [0, 0.1) is 6.92 Å². The van der Waals surface area contributed by atoms with E-state index in [-0.39, 0.29) is 5.43 Å². The van der Waals surface area contributed by atoms with E-state index in [0.717, 1.165) is 29.8 Å². The number of hydrogen-bond donors (Lipinski definition) is 0. The van der Waals surface area contributed by atoms with Gasteiger partial charge in [-0.05, 0) is 36.6 Å². The van der Waals surface area contributed by atoms with Gasteiger partial charge in [-0.3, -0.25) is 4.79 Å². The lowest BCUT2D eigenvalue weighted by atomic mass is 10.1. The Bertz CT molecular complexity index is 980. The maximum Gasteiger partial charge on any atom is 0.223 e. The van der Waals surface area contributed by atoms with Gasteiger partial charge in [-0.25, -0.2) is 0 Å². The lowest BCUT2D eigenvalue weighted by Crippen LogP contribution is -2.15. The summed E-state index contributed by atoms with van der Waals surface area (Å²) in [5.41, 5.74) is 2.88. The smallest absolute Gasteiger partial charge is 0.223 e. The number of aryl methyl sites for hydroxylation is 2. The molecule has 0 radical (unpaired) electrons. The van der Waals surface area contributed by atoms with Crippen LogP contribution in [-0.4, -0.2) is 18.8 Å². The fourth-order valence-corrected chi connectivity index (χ4v) is 3.09. The van der Waals surface area contributed by atoms with E-state index in [9.17, 15) is 4.79 Å². The lowest BCUT2D eigenvalue weighted by Gasteiger charge is -2.15. The molecule has 0 aliphatic rings. The van der Waals surface area contributed by atoms with Crippen molar-refractivity contribution in [1.29, 1.82) is 0 Å². The maximum absolute atomic E-state index is 12.3. The van der Waals surface area contributed by atoms with Gasteiger partial charge in [0, 0.05) is 18.8 Å². The highest BCUT2D eigenvalue weighted by Crippen LogP contribution is 2.28. The fraction of sp³-hybridized carbons (Fsp3) is 0.261. The predicted molar refractivity (Wildman–Crippen MR) is 109 cm³/mol. The molecule has 5 nitrogen and oxygen atoms in total. The largest absolute Gasteiger partial charge is 0.493 e. The molecule has 1 aromatic heterocycles. The van der Waals surface area contributed by atoms with Gasteiger partial charge in [-0.15, -0.1) is 0 Å². The summed E-state index contributed by atoms with van der Waals surface area (Å²) in [6, 6.07) is 17.3. The number of nitrogens with zero attached hydrogens (tertiary/aromatic N) is 1. The zero-order chi connectivity index (χ0) is 19.9. The number of ether oxygens (including phenoxy) is 3. The van der Waals surface area contributed by atoms with Crippen LogP contribution in [0.5, 0.6) is 17.2 Å². The second-order valence-electron chi connectivity index (χ2n) is 6.50. The van der Waals surface area contributed by atoms with E-state index in [0.29, 0.717) is 23.9 Å². The first-order valence-corrected chi connectivity index (χ1v) is 9.20. The highest BCUT2D eigenvalue weighted by molar-refractivity contribution is 5.43. The van der Waals surface area contributed by atoms with Crippen LogP contribution >= 0.6 is 0 Å². The minimum absolute atomic E-state index is 0.101. The SMILES string of the molecule is COc1ccc(CCn2ccc(=O)c(OCc3ccccc3)c2C)cc1OC. The van der Waals surface area contributed by atoms with Gasteiger partial charge in [0.25, 0.3) is 0 Å². The molecule has 0 aliphatic heterocycles. The number of methoxy groups -OCH3 is 2. The van der Waals surface area contributed by atoms with Crippen molar-refractivity contribution < 1.29 is 14.2 Å². The first-order valence-electron chi connectivity index (χ1n) is 9.20. The molecular formula is C23H25NO4. The molecule has 5 heteroatoms. The maximum atomic E-state index is 12.3. The molecule has 0 aliphatic carbocycles. The predicted octanol–water partition coefficient (Wildman–Crippen LogP) is 4.00. The highest BCUT2D eigenvalue weighted by Gasteiger charge is 2.10. The third-order valence-electron chi connectivity index (χ3n) is 4.70. The Kier molecular flexibility index (Phi) is 6.37. The molecule has 2 aromatic carbocycles. The molecule has 0 spiro atoms. The Hall–Kier alpha value is -3.21. The molecule has 3 rings (SSSR count). The molecule has 0 saturated carbocycles. The van der Waals surface area contributed by atoms with Gasteiger partial charge >= 0.3 is 0 Å². The molecule has 28 heavy (non-hydrogen) atoms. The summed E-state index contributed by atoms with van der Waals surface area (Å²) in [5, 5.41) is 0. The molecule has 0 amide bonds.